The molecule has 0 aliphatic rings. The first kappa shape index (κ1) is 16.5. The maximum atomic E-state index is 12.4. The molecule has 0 atom stereocenters. The molecule has 0 aliphatic heterocycles. The van der Waals surface area contributed by atoms with Crippen LogP contribution in [-0.4, -0.2) is 20.5 Å². The van der Waals surface area contributed by atoms with Crippen molar-refractivity contribution in [2.45, 2.75) is 11.8 Å². The van der Waals surface area contributed by atoms with Crippen molar-refractivity contribution in [3.8, 4) is 22.1 Å². The molecule has 0 aliphatic carbocycles. The van der Waals surface area contributed by atoms with Crippen LogP contribution in [0, 0.1) is 6.92 Å². The number of thiazole rings is 1. The molecular formula is C17H15NO4S2. The third-order valence-electron chi connectivity index (χ3n) is 3.26. The number of rotatable bonds is 5. The molecule has 0 amide bonds. The summed E-state index contributed by atoms with van der Waals surface area (Å²) in [4.78, 5) is 4.39. The molecule has 1 heterocycles. The van der Waals surface area contributed by atoms with E-state index in [2.05, 4.69) is 4.98 Å². The first-order valence-electron chi connectivity index (χ1n) is 7.10. The number of para-hydroxylation sites is 1. The van der Waals surface area contributed by atoms with Crippen molar-refractivity contribution in [2.24, 2.45) is 0 Å². The summed E-state index contributed by atoms with van der Waals surface area (Å²) in [5, 5.41) is 2.85. The van der Waals surface area contributed by atoms with Crippen molar-refractivity contribution in [1.29, 1.82) is 0 Å². The van der Waals surface area contributed by atoms with Crippen molar-refractivity contribution < 1.29 is 17.3 Å². The Labute approximate surface area is 144 Å². The van der Waals surface area contributed by atoms with Crippen LogP contribution in [0.1, 0.15) is 5.69 Å². The van der Waals surface area contributed by atoms with Crippen LogP contribution in [0.5, 0.6) is 11.5 Å². The van der Waals surface area contributed by atoms with E-state index in [-0.39, 0.29) is 16.4 Å². The van der Waals surface area contributed by atoms with Gasteiger partial charge in [-0.3, -0.25) is 0 Å². The molecule has 3 aromatic rings. The summed E-state index contributed by atoms with van der Waals surface area (Å²) < 4.78 is 35.1. The van der Waals surface area contributed by atoms with Gasteiger partial charge >= 0.3 is 10.1 Å². The van der Waals surface area contributed by atoms with Gasteiger partial charge in [-0.1, -0.05) is 12.1 Å². The molecule has 124 valence electrons. The van der Waals surface area contributed by atoms with Gasteiger partial charge in [-0.05, 0) is 43.3 Å². The third-order valence-corrected chi connectivity index (χ3v) is 5.56. The Hall–Kier alpha value is -2.38. The number of methoxy groups -OCH3 is 1. The molecule has 7 heteroatoms. The number of ether oxygens (including phenoxy) is 1. The summed E-state index contributed by atoms with van der Waals surface area (Å²) in [7, 11) is -2.55. The van der Waals surface area contributed by atoms with Gasteiger partial charge < -0.3 is 8.92 Å². The molecule has 0 N–H and O–H groups in total. The van der Waals surface area contributed by atoms with Gasteiger partial charge in [0, 0.05) is 16.6 Å². The number of nitrogens with zero attached hydrogens (tertiary/aromatic N) is 1. The summed E-state index contributed by atoms with van der Waals surface area (Å²) in [6, 6.07) is 13.1. The van der Waals surface area contributed by atoms with E-state index in [1.165, 1.54) is 24.5 Å². The van der Waals surface area contributed by atoms with E-state index in [9.17, 15) is 8.42 Å². The lowest BCUT2D eigenvalue weighted by molar-refractivity contribution is 0.398. The predicted molar refractivity (Wildman–Crippen MR) is 93.1 cm³/mol. The molecule has 0 unspecified atom stereocenters. The Morgan fingerprint density at radius 2 is 1.75 bits per heavy atom. The number of aryl methyl sites for hydroxylation is 1. The van der Waals surface area contributed by atoms with Gasteiger partial charge in [-0.15, -0.1) is 11.3 Å². The Kier molecular flexibility index (Phi) is 4.55. The highest BCUT2D eigenvalue weighted by Gasteiger charge is 2.21. The second kappa shape index (κ2) is 6.62. The minimum atomic E-state index is -3.97. The second-order valence-corrected chi connectivity index (χ2v) is 7.38. The van der Waals surface area contributed by atoms with Crippen LogP contribution in [0.15, 0.2) is 58.8 Å². The largest absolute Gasteiger partial charge is 0.495 e. The molecule has 0 bridgehead atoms. The first-order chi connectivity index (χ1) is 11.5. The highest BCUT2D eigenvalue weighted by molar-refractivity contribution is 7.87. The minimum Gasteiger partial charge on any atom is -0.495 e. The molecule has 0 spiro atoms. The van der Waals surface area contributed by atoms with E-state index < -0.39 is 10.1 Å². The van der Waals surface area contributed by atoms with Crippen LogP contribution < -0.4 is 8.92 Å². The number of aromatic nitrogens is 1. The lowest BCUT2D eigenvalue weighted by Crippen LogP contribution is -2.11. The second-order valence-electron chi connectivity index (χ2n) is 5.01. The summed E-state index contributed by atoms with van der Waals surface area (Å²) in [6.07, 6.45) is 0. The van der Waals surface area contributed by atoms with Crippen molar-refractivity contribution in [3.63, 3.8) is 0 Å². The summed E-state index contributed by atoms with van der Waals surface area (Å²) >= 11 is 1.54. The number of hydrogen-bond donors (Lipinski definition) is 0. The highest BCUT2D eigenvalue weighted by Crippen LogP contribution is 2.29. The number of benzene rings is 2. The van der Waals surface area contributed by atoms with E-state index in [0.29, 0.717) is 0 Å². The van der Waals surface area contributed by atoms with Crippen LogP contribution >= 0.6 is 11.3 Å². The predicted octanol–water partition coefficient (Wildman–Crippen LogP) is 3.89. The van der Waals surface area contributed by atoms with E-state index in [4.69, 9.17) is 8.92 Å². The van der Waals surface area contributed by atoms with Crippen molar-refractivity contribution in [1.82, 2.24) is 4.98 Å². The third kappa shape index (κ3) is 3.42. The van der Waals surface area contributed by atoms with E-state index in [1.807, 2.05) is 12.3 Å². The molecular weight excluding hydrogens is 346 g/mol. The SMILES string of the molecule is COc1ccccc1S(=O)(=O)Oc1ccc(-c2nc(C)cs2)cc1. The van der Waals surface area contributed by atoms with Gasteiger partial charge in [0.2, 0.25) is 0 Å². The molecule has 1 aromatic heterocycles. The van der Waals surface area contributed by atoms with Crippen molar-refractivity contribution in [3.05, 3.63) is 59.6 Å². The van der Waals surface area contributed by atoms with Crippen molar-refractivity contribution in [2.75, 3.05) is 7.11 Å². The van der Waals surface area contributed by atoms with E-state index in [0.717, 1.165) is 16.3 Å². The zero-order valence-corrected chi connectivity index (χ0v) is 14.7. The van der Waals surface area contributed by atoms with Crippen LogP contribution in [0.3, 0.4) is 0 Å². The Balaban J connectivity index is 1.85. The van der Waals surface area contributed by atoms with Gasteiger partial charge in [0.25, 0.3) is 0 Å². The van der Waals surface area contributed by atoms with Crippen molar-refractivity contribution >= 4 is 21.5 Å². The molecule has 0 radical (unpaired) electrons. The van der Waals surface area contributed by atoms with Gasteiger partial charge in [0.15, 0.2) is 0 Å². The fourth-order valence-corrected chi connectivity index (χ4v) is 4.04. The van der Waals surface area contributed by atoms with Gasteiger partial charge in [-0.2, -0.15) is 8.42 Å². The molecule has 2 aromatic carbocycles. The first-order valence-corrected chi connectivity index (χ1v) is 9.38. The molecule has 0 fully saturated rings. The smallest absolute Gasteiger partial charge is 0.342 e. The zero-order chi connectivity index (χ0) is 17.2. The molecule has 0 saturated carbocycles. The van der Waals surface area contributed by atoms with Crippen LogP contribution in [0.4, 0.5) is 0 Å². The molecule has 5 nitrogen and oxygen atoms in total. The lowest BCUT2D eigenvalue weighted by Gasteiger charge is -2.10. The van der Waals surface area contributed by atoms with E-state index in [1.54, 1.807) is 42.5 Å². The quantitative estimate of drug-likeness (QED) is 0.645. The normalized spacial score (nSPS) is 11.2. The average molecular weight is 361 g/mol. The average Bonchev–Trinajstić information content (AvgIpc) is 3.01. The monoisotopic (exact) mass is 361 g/mol. The van der Waals surface area contributed by atoms with Gasteiger partial charge in [-0.25, -0.2) is 4.98 Å². The molecule has 0 saturated heterocycles. The van der Waals surface area contributed by atoms with Gasteiger partial charge in [0.05, 0.1) is 7.11 Å². The summed E-state index contributed by atoms with van der Waals surface area (Å²) in [6.45, 7) is 1.93. The molecule has 24 heavy (non-hydrogen) atoms. The topological polar surface area (TPSA) is 65.5 Å². The molecule has 3 rings (SSSR count). The van der Waals surface area contributed by atoms with Crippen LogP contribution in [0.2, 0.25) is 0 Å². The Morgan fingerprint density at radius 3 is 2.38 bits per heavy atom. The fourth-order valence-electron chi connectivity index (χ4n) is 2.14. The maximum Gasteiger partial charge on any atom is 0.342 e. The number of hydrogen-bond acceptors (Lipinski definition) is 6. The highest BCUT2D eigenvalue weighted by atomic mass is 32.2. The summed E-state index contributed by atoms with van der Waals surface area (Å²) in [5.41, 5.74) is 1.87. The van der Waals surface area contributed by atoms with Crippen LogP contribution in [0.25, 0.3) is 10.6 Å². The Bertz CT molecular complexity index is 947. The maximum absolute atomic E-state index is 12.4. The van der Waals surface area contributed by atoms with E-state index >= 15 is 0 Å². The minimum absolute atomic E-state index is 0.00729. The van der Waals surface area contributed by atoms with Gasteiger partial charge in [0.1, 0.15) is 21.4 Å². The standard InChI is InChI=1S/C17H15NO4S2/c1-12-11-23-17(18-12)13-7-9-14(10-8-13)22-24(19,20)16-6-4-3-5-15(16)21-2/h3-11H,1-2H3. The Morgan fingerprint density at radius 1 is 1.04 bits per heavy atom. The lowest BCUT2D eigenvalue weighted by atomic mass is 10.2. The fraction of sp³-hybridized carbons (Fsp3) is 0.118. The summed E-state index contributed by atoms with van der Waals surface area (Å²) in [5.74, 6) is 0.477. The zero-order valence-electron chi connectivity index (χ0n) is 13.1. The van der Waals surface area contributed by atoms with Crippen LogP contribution in [-0.2, 0) is 10.1 Å².